The van der Waals surface area contributed by atoms with Crippen molar-refractivity contribution >= 4 is 5.91 Å². The van der Waals surface area contributed by atoms with Crippen LogP contribution in [0.1, 0.15) is 41.0 Å². The Morgan fingerprint density at radius 2 is 1.89 bits per heavy atom. The van der Waals surface area contributed by atoms with E-state index in [1.165, 1.54) is 12.1 Å². The van der Waals surface area contributed by atoms with Crippen LogP contribution in [0.3, 0.4) is 0 Å². The third kappa shape index (κ3) is 5.25. The van der Waals surface area contributed by atoms with E-state index < -0.39 is 0 Å². The molecule has 0 saturated heterocycles. The lowest BCUT2D eigenvalue weighted by Crippen LogP contribution is -2.27. The summed E-state index contributed by atoms with van der Waals surface area (Å²) in [5.41, 5.74) is 4.32. The quantitative estimate of drug-likeness (QED) is 0.589. The van der Waals surface area contributed by atoms with Gasteiger partial charge in [0, 0.05) is 36.7 Å². The lowest BCUT2D eigenvalue weighted by atomic mass is 10.1. The molecule has 0 fully saturated rings. The Labute approximate surface area is 164 Å². The number of benzene rings is 1. The van der Waals surface area contributed by atoms with Gasteiger partial charge in [-0.1, -0.05) is 6.42 Å². The summed E-state index contributed by atoms with van der Waals surface area (Å²) < 4.78 is 13.0. The highest BCUT2D eigenvalue weighted by Gasteiger charge is 2.11. The molecule has 3 aromatic rings. The van der Waals surface area contributed by atoms with Crippen molar-refractivity contribution in [3.63, 3.8) is 0 Å². The number of aryl methyl sites for hydroxylation is 2. The second-order valence-electron chi connectivity index (χ2n) is 7.01. The summed E-state index contributed by atoms with van der Waals surface area (Å²) in [5, 5.41) is 7.35. The molecule has 0 atom stereocenters. The average molecular weight is 380 g/mol. The molecule has 0 aliphatic carbocycles. The first kappa shape index (κ1) is 19.7. The fourth-order valence-electron chi connectivity index (χ4n) is 3.02. The lowest BCUT2D eigenvalue weighted by Gasteiger charge is -2.17. The van der Waals surface area contributed by atoms with Crippen molar-refractivity contribution in [1.82, 2.24) is 20.1 Å². The van der Waals surface area contributed by atoms with E-state index in [1.54, 1.807) is 23.2 Å². The standard InChI is InChI=1S/C22H25FN4O/c1-16-7-8-18(15-24-16)22(28)27(2)13-5-3-4-6-20-14-21(26-25-20)17-9-11-19(23)12-10-17/h7-12,14-15H,3-6,13H2,1-2H3,(H,25,26). The Balaban J connectivity index is 1.39. The van der Waals surface area contributed by atoms with Gasteiger partial charge >= 0.3 is 0 Å². The maximum absolute atomic E-state index is 13.0. The minimum Gasteiger partial charge on any atom is -0.342 e. The minimum atomic E-state index is -0.249. The third-order valence-electron chi connectivity index (χ3n) is 4.72. The van der Waals surface area contributed by atoms with Crippen molar-refractivity contribution in [3.05, 3.63) is 71.4 Å². The molecule has 0 aliphatic rings. The highest BCUT2D eigenvalue weighted by molar-refractivity contribution is 5.93. The van der Waals surface area contributed by atoms with E-state index >= 15 is 0 Å². The molecule has 1 aromatic carbocycles. The van der Waals surface area contributed by atoms with E-state index in [2.05, 4.69) is 15.2 Å². The van der Waals surface area contributed by atoms with Gasteiger partial charge in [-0.25, -0.2) is 4.39 Å². The predicted octanol–water partition coefficient (Wildman–Crippen LogP) is 4.40. The molecule has 0 aliphatic heterocycles. The normalized spacial score (nSPS) is 10.8. The van der Waals surface area contributed by atoms with E-state index in [0.717, 1.165) is 54.9 Å². The van der Waals surface area contributed by atoms with Gasteiger partial charge in [-0.05, 0) is 68.7 Å². The largest absolute Gasteiger partial charge is 0.342 e. The van der Waals surface area contributed by atoms with Gasteiger partial charge in [-0.15, -0.1) is 0 Å². The Kier molecular flexibility index (Phi) is 6.53. The zero-order valence-electron chi connectivity index (χ0n) is 16.3. The van der Waals surface area contributed by atoms with Gasteiger partial charge in [0.05, 0.1) is 11.3 Å². The molecular formula is C22H25FN4O. The maximum atomic E-state index is 13.0. The first-order valence-electron chi connectivity index (χ1n) is 9.51. The molecule has 1 amide bonds. The zero-order chi connectivity index (χ0) is 19.9. The molecule has 1 N–H and O–H groups in total. The molecule has 146 valence electrons. The number of carbonyl (C=O) groups is 1. The van der Waals surface area contributed by atoms with E-state index in [9.17, 15) is 9.18 Å². The van der Waals surface area contributed by atoms with Crippen molar-refractivity contribution < 1.29 is 9.18 Å². The number of aromatic nitrogens is 3. The second kappa shape index (κ2) is 9.26. The summed E-state index contributed by atoms with van der Waals surface area (Å²) in [6, 6.07) is 12.0. The number of hydrogen-bond donors (Lipinski definition) is 1. The van der Waals surface area contributed by atoms with Crippen molar-refractivity contribution in [3.8, 4) is 11.3 Å². The minimum absolute atomic E-state index is 0.00464. The van der Waals surface area contributed by atoms with Crippen molar-refractivity contribution in [2.24, 2.45) is 0 Å². The summed E-state index contributed by atoms with van der Waals surface area (Å²) in [6.07, 6.45) is 5.51. The molecule has 0 unspecified atom stereocenters. The van der Waals surface area contributed by atoms with Crippen molar-refractivity contribution in [2.45, 2.75) is 32.6 Å². The van der Waals surface area contributed by atoms with Crippen LogP contribution in [0.5, 0.6) is 0 Å². The molecule has 2 aromatic heterocycles. The summed E-state index contributed by atoms with van der Waals surface area (Å²) in [5.74, 6) is -0.244. The number of nitrogens with one attached hydrogen (secondary N) is 1. The molecule has 2 heterocycles. The fraction of sp³-hybridized carbons (Fsp3) is 0.318. The Hall–Kier alpha value is -3.02. The number of unbranched alkanes of at least 4 members (excludes halogenated alkanes) is 2. The number of amides is 1. The van der Waals surface area contributed by atoms with Gasteiger partial charge in [0.1, 0.15) is 5.82 Å². The van der Waals surface area contributed by atoms with E-state index in [4.69, 9.17) is 0 Å². The summed E-state index contributed by atoms with van der Waals surface area (Å²) in [6.45, 7) is 2.62. The molecular weight excluding hydrogens is 355 g/mol. The van der Waals surface area contributed by atoms with Crippen LogP contribution in [0.25, 0.3) is 11.3 Å². The predicted molar refractivity (Wildman–Crippen MR) is 107 cm³/mol. The first-order valence-corrected chi connectivity index (χ1v) is 9.51. The Morgan fingerprint density at radius 3 is 2.61 bits per heavy atom. The summed E-state index contributed by atoms with van der Waals surface area (Å²) in [4.78, 5) is 18.3. The molecule has 0 spiro atoms. The van der Waals surface area contributed by atoms with Gasteiger partial charge in [-0.2, -0.15) is 5.10 Å². The Morgan fingerprint density at radius 1 is 1.11 bits per heavy atom. The number of H-pyrrole nitrogens is 1. The van der Waals surface area contributed by atoms with Crippen LogP contribution in [-0.2, 0) is 6.42 Å². The van der Waals surface area contributed by atoms with Crippen LogP contribution >= 0.6 is 0 Å². The third-order valence-corrected chi connectivity index (χ3v) is 4.72. The van der Waals surface area contributed by atoms with Crippen molar-refractivity contribution in [1.29, 1.82) is 0 Å². The number of carbonyl (C=O) groups excluding carboxylic acids is 1. The van der Waals surface area contributed by atoms with Crippen LogP contribution in [0.2, 0.25) is 0 Å². The van der Waals surface area contributed by atoms with Crippen LogP contribution in [0, 0.1) is 12.7 Å². The van der Waals surface area contributed by atoms with E-state index in [0.29, 0.717) is 5.56 Å². The summed E-state index contributed by atoms with van der Waals surface area (Å²) in [7, 11) is 1.83. The maximum Gasteiger partial charge on any atom is 0.255 e. The molecule has 6 heteroatoms. The topological polar surface area (TPSA) is 61.9 Å². The highest BCUT2D eigenvalue weighted by atomic mass is 19.1. The van der Waals surface area contributed by atoms with Gasteiger partial charge in [0.2, 0.25) is 0 Å². The van der Waals surface area contributed by atoms with Crippen molar-refractivity contribution in [2.75, 3.05) is 13.6 Å². The smallest absolute Gasteiger partial charge is 0.255 e. The second-order valence-corrected chi connectivity index (χ2v) is 7.01. The van der Waals surface area contributed by atoms with Gasteiger partial charge in [0.25, 0.3) is 5.91 Å². The first-order chi connectivity index (χ1) is 13.5. The van der Waals surface area contributed by atoms with Crippen LogP contribution < -0.4 is 0 Å². The molecule has 28 heavy (non-hydrogen) atoms. The number of nitrogens with zero attached hydrogens (tertiary/aromatic N) is 3. The SMILES string of the molecule is Cc1ccc(C(=O)N(C)CCCCCc2cc(-c3ccc(F)cc3)n[nH]2)cn1. The fourth-order valence-corrected chi connectivity index (χ4v) is 3.02. The number of halogens is 1. The lowest BCUT2D eigenvalue weighted by molar-refractivity contribution is 0.0792. The highest BCUT2D eigenvalue weighted by Crippen LogP contribution is 2.19. The van der Waals surface area contributed by atoms with Crippen LogP contribution in [0.15, 0.2) is 48.7 Å². The number of aromatic amines is 1. The number of rotatable bonds is 8. The molecule has 0 saturated carbocycles. The zero-order valence-corrected chi connectivity index (χ0v) is 16.3. The molecule has 5 nitrogen and oxygen atoms in total. The van der Waals surface area contributed by atoms with Gasteiger partial charge in [0.15, 0.2) is 0 Å². The average Bonchev–Trinajstić information content (AvgIpc) is 3.17. The molecule has 0 radical (unpaired) electrons. The van der Waals surface area contributed by atoms with Gasteiger partial charge < -0.3 is 4.90 Å². The summed E-state index contributed by atoms with van der Waals surface area (Å²) >= 11 is 0. The number of hydrogen-bond acceptors (Lipinski definition) is 3. The van der Waals surface area contributed by atoms with Crippen LogP contribution in [0.4, 0.5) is 4.39 Å². The van der Waals surface area contributed by atoms with E-state index in [1.807, 2.05) is 32.2 Å². The number of pyridine rings is 1. The molecule has 3 rings (SSSR count). The van der Waals surface area contributed by atoms with E-state index in [-0.39, 0.29) is 11.7 Å². The molecule has 0 bridgehead atoms. The van der Waals surface area contributed by atoms with Crippen LogP contribution in [-0.4, -0.2) is 39.6 Å². The Bertz CT molecular complexity index is 903. The van der Waals surface area contributed by atoms with Gasteiger partial charge in [-0.3, -0.25) is 14.9 Å². The monoisotopic (exact) mass is 380 g/mol.